The Hall–Kier alpha value is -0.130. The van der Waals surface area contributed by atoms with Gasteiger partial charge in [0.05, 0.1) is 6.54 Å². The molecule has 0 radical (unpaired) electrons. The lowest BCUT2D eigenvalue weighted by Crippen LogP contribution is -2.35. The first-order valence-electron chi connectivity index (χ1n) is 4.13. The lowest BCUT2D eigenvalue weighted by Gasteiger charge is -2.24. The van der Waals surface area contributed by atoms with Crippen LogP contribution < -0.4 is 0 Å². The van der Waals surface area contributed by atoms with Gasteiger partial charge in [0.1, 0.15) is 0 Å². The molecule has 2 heteroatoms. The van der Waals surface area contributed by atoms with Gasteiger partial charge in [-0.25, -0.2) is 0 Å². The van der Waals surface area contributed by atoms with E-state index in [4.69, 9.17) is 6.42 Å². The van der Waals surface area contributed by atoms with Crippen LogP contribution in [0, 0.1) is 12.3 Å². The van der Waals surface area contributed by atoms with Gasteiger partial charge < -0.3 is 0 Å². The molecule has 1 aliphatic heterocycles. The van der Waals surface area contributed by atoms with Crippen LogP contribution in [0.2, 0.25) is 0 Å². The lowest BCUT2D eigenvalue weighted by molar-refractivity contribution is 0.252. The molecule has 0 amide bonds. The standard InChI is InChI=1S/C9H15NS/c1-3-6-10(4-2)9-5-7-11-8-9/h1,9H,4-8H2,2H3. The van der Waals surface area contributed by atoms with Crippen LogP contribution >= 0.6 is 11.8 Å². The van der Waals surface area contributed by atoms with Crippen LogP contribution in [0.4, 0.5) is 0 Å². The summed E-state index contributed by atoms with van der Waals surface area (Å²) in [6.45, 7) is 4.09. The maximum atomic E-state index is 5.27. The largest absolute Gasteiger partial charge is 0.289 e. The number of thioether (sulfide) groups is 1. The highest BCUT2D eigenvalue weighted by atomic mass is 32.2. The van der Waals surface area contributed by atoms with Gasteiger partial charge >= 0.3 is 0 Å². The van der Waals surface area contributed by atoms with Crippen LogP contribution in [0.15, 0.2) is 0 Å². The Labute approximate surface area is 73.5 Å². The van der Waals surface area contributed by atoms with Crippen LogP contribution in [0.3, 0.4) is 0 Å². The summed E-state index contributed by atoms with van der Waals surface area (Å²) in [5, 5.41) is 0. The molecule has 0 aliphatic carbocycles. The minimum absolute atomic E-state index is 0.751. The summed E-state index contributed by atoms with van der Waals surface area (Å²) in [5.74, 6) is 5.30. The Bertz CT molecular complexity index is 144. The van der Waals surface area contributed by atoms with E-state index < -0.39 is 0 Å². The molecule has 0 saturated carbocycles. The maximum absolute atomic E-state index is 5.27. The van der Waals surface area contributed by atoms with Crippen molar-refractivity contribution in [3.8, 4) is 12.3 Å². The van der Waals surface area contributed by atoms with Gasteiger partial charge in [0.2, 0.25) is 0 Å². The van der Waals surface area contributed by atoms with Crippen LogP contribution in [-0.2, 0) is 0 Å². The molecule has 1 atom stereocenters. The van der Waals surface area contributed by atoms with Crippen LogP contribution in [-0.4, -0.2) is 35.5 Å². The second-order valence-corrected chi connectivity index (χ2v) is 3.93. The van der Waals surface area contributed by atoms with Crippen molar-refractivity contribution in [2.45, 2.75) is 19.4 Å². The number of terminal acetylenes is 1. The maximum Gasteiger partial charge on any atom is 0.0601 e. The zero-order chi connectivity index (χ0) is 8.10. The second-order valence-electron chi connectivity index (χ2n) is 2.78. The minimum atomic E-state index is 0.751. The molecule has 1 rings (SSSR count). The summed E-state index contributed by atoms with van der Waals surface area (Å²) in [5.41, 5.74) is 0. The number of nitrogens with zero attached hydrogens (tertiary/aromatic N) is 1. The lowest BCUT2D eigenvalue weighted by atomic mass is 10.2. The summed E-state index contributed by atoms with van der Waals surface area (Å²) >= 11 is 2.04. The normalized spacial score (nSPS) is 23.9. The number of hydrogen-bond acceptors (Lipinski definition) is 2. The van der Waals surface area contributed by atoms with Gasteiger partial charge in [-0.3, -0.25) is 4.90 Å². The molecule has 0 aromatic heterocycles. The highest BCUT2D eigenvalue weighted by molar-refractivity contribution is 7.99. The van der Waals surface area contributed by atoms with Crippen molar-refractivity contribution in [3.05, 3.63) is 0 Å². The molecular weight excluding hydrogens is 154 g/mol. The monoisotopic (exact) mass is 169 g/mol. The fourth-order valence-electron chi connectivity index (χ4n) is 1.43. The topological polar surface area (TPSA) is 3.24 Å². The van der Waals surface area contributed by atoms with Gasteiger partial charge in [-0.05, 0) is 18.7 Å². The summed E-state index contributed by atoms with van der Waals surface area (Å²) in [6, 6.07) is 0.751. The first kappa shape index (κ1) is 8.96. The van der Waals surface area contributed by atoms with Gasteiger partial charge in [0.25, 0.3) is 0 Å². The van der Waals surface area contributed by atoms with E-state index in [0.717, 1.165) is 19.1 Å². The molecule has 0 aromatic carbocycles. The quantitative estimate of drug-likeness (QED) is 0.588. The number of hydrogen-bond donors (Lipinski definition) is 0. The van der Waals surface area contributed by atoms with E-state index in [1.165, 1.54) is 17.9 Å². The molecule has 0 bridgehead atoms. The van der Waals surface area contributed by atoms with E-state index in [9.17, 15) is 0 Å². The summed E-state index contributed by atoms with van der Waals surface area (Å²) in [4.78, 5) is 2.39. The van der Waals surface area contributed by atoms with Crippen LogP contribution in [0.5, 0.6) is 0 Å². The average molecular weight is 169 g/mol. The third kappa shape index (κ3) is 2.43. The van der Waals surface area contributed by atoms with E-state index in [0.29, 0.717) is 0 Å². The van der Waals surface area contributed by atoms with Crippen molar-refractivity contribution >= 4 is 11.8 Å². The molecule has 1 saturated heterocycles. The molecule has 1 unspecified atom stereocenters. The highest BCUT2D eigenvalue weighted by Crippen LogP contribution is 2.21. The van der Waals surface area contributed by atoms with Crippen molar-refractivity contribution < 1.29 is 0 Å². The third-order valence-electron chi connectivity index (χ3n) is 2.12. The molecule has 62 valence electrons. The summed E-state index contributed by atoms with van der Waals surface area (Å²) in [6.07, 6.45) is 6.59. The summed E-state index contributed by atoms with van der Waals surface area (Å²) < 4.78 is 0. The molecule has 0 aromatic rings. The van der Waals surface area contributed by atoms with Crippen LogP contribution in [0.25, 0.3) is 0 Å². The first-order valence-corrected chi connectivity index (χ1v) is 5.29. The fraction of sp³-hybridized carbons (Fsp3) is 0.778. The Balaban J connectivity index is 2.34. The predicted octanol–water partition coefficient (Wildman–Crippen LogP) is 1.45. The van der Waals surface area contributed by atoms with E-state index in [1.54, 1.807) is 0 Å². The molecular formula is C9H15NS. The van der Waals surface area contributed by atoms with Crippen molar-refractivity contribution in [2.75, 3.05) is 24.6 Å². The van der Waals surface area contributed by atoms with E-state index in [1.807, 2.05) is 11.8 Å². The molecule has 1 fully saturated rings. The molecule has 0 spiro atoms. The third-order valence-corrected chi connectivity index (χ3v) is 3.27. The molecule has 1 nitrogen and oxygen atoms in total. The Kier molecular flexibility index (Phi) is 3.82. The molecule has 0 N–H and O–H groups in total. The Morgan fingerprint density at radius 2 is 2.55 bits per heavy atom. The molecule has 11 heavy (non-hydrogen) atoms. The van der Waals surface area contributed by atoms with E-state index in [-0.39, 0.29) is 0 Å². The van der Waals surface area contributed by atoms with Crippen molar-refractivity contribution in [2.24, 2.45) is 0 Å². The highest BCUT2D eigenvalue weighted by Gasteiger charge is 2.20. The smallest absolute Gasteiger partial charge is 0.0601 e. The van der Waals surface area contributed by atoms with Gasteiger partial charge in [-0.1, -0.05) is 12.8 Å². The van der Waals surface area contributed by atoms with E-state index >= 15 is 0 Å². The van der Waals surface area contributed by atoms with E-state index in [2.05, 4.69) is 17.7 Å². The van der Waals surface area contributed by atoms with Gasteiger partial charge in [0, 0.05) is 11.8 Å². The van der Waals surface area contributed by atoms with Crippen molar-refractivity contribution in [1.29, 1.82) is 0 Å². The SMILES string of the molecule is C#CCN(CC)C1CCSC1. The van der Waals surface area contributed by atoms with Crippen molar-refractivity contribution in [3.63, 3.8) is 0 Å². The molecule has 1 aliphatic rings. The van der Waals surface area contributed by atoms with Crippen molar-refractivity contribution in [1.82, 2.24) is 4.90 Å². The van der Waals surface area contributed by atoms with Gasteiger partial charge in [-0.15, -0.1) is 6.42 Å². The minimum Gasteiger partial charge on any atom is -0.289 e. The zero-order valence-corrected chi connectivity index (χ0v) is 7.86. The predicted molar refractivity (Wildman–Crippen MR) is 51.8 cm³/mol. The number of rotatable bonds is 3. The van der Waals surface area contributed by atoms with Crippen LogP contribution in [0.1, 0.15) is 13.3 Å². The Morgan fingerprint density at radius 3 is 3.00 bits per heavy atom. The second kappa shape index (κ2) is 4.69. The average Bonchev–Trinajstić information content (AvgIpc) is 2.52. The first-order chi connectivity index (χ1) is 5.38. The fourth-order valence-corrected chi connectivity index (χ4v) is 2.68. The Morgan fingerprint density at radius 1 is 1.73 bits per heavy atom. The van der Waals surface area contributed by atoms with Gasteiger partial charge in [0.15, 0.2) is 0 Å². The van der Waals surface area contributed by atoms with Gasteiger partial charge in [-0.2, -0.15) is 11.8 Å². The molecule has 1 heterocycles. The zero-order valence-electron chi connectivity index (χ0n) is 7.05. The summed E-state index contributed by atoms with van der Waals surface area (Å²) in [7, 11) is 0.